The van der Waals surface area contributed by atoms with Crippen molar-refractivity contribution in [3.8, 4) is 0 Å². The van der Waals surface area contributed by atoms with Crippen molar-refractivity contribution in [1.82, 2.24) is 14.5 Å². The molecule has 142 valence electrons. The molecule has 1 aliphatic rings. The summed E-state index contributed by atoms with van der Waals surface area (Å²) >= 11 is 0. The van der Waals surface area contributed by atoms with E-state index in [-0.39, 0.29) is 11.8 Å². The number of rotatable bonds is 3. The van der Waals surface area contributed by atoms with Crippen molar-refractivity contribution < 1.29 is 14.3 Å². The Morgan fingerprint density at radius 3 is 2.70 bits per heavy atom. The Morgan fingerprint density at radius 1 is 1.30 bits per heavy atom. The molecule has 27 heavy (non-hydrogen) atoms. The molecular weight excluding hydrogens is 342 g/mol. The van der Waals surface area contributed by atoms with Gasteiger partial charge in [-0.05, 0) is 44.2 Å². The van der Waals surface area contributed by atoms with Crippen LogP contribution in [0.3, 0.4) is 0 Å². The number of nitrogens with zero attached hydrogens (tertiary/aromatic N) is 3. The van der Waals surface area contributed by atoms with Crippen molar-refractivity contribution in [1.29, 1.82) is 0 Å². The van der Waals surface area contributed by atoms with Crippen molar-refractivity contribution in [3.05, 3.63) is 53.3 Å². The quantitative estimate of drug-likeness (QED) is 0.770. The smallest absolute Gasteiger partial charge is 0.289 e. The van der Waals surface area contributed by atoms with Crippen LogP contribution in [0.2, 0.25) is 0 Å². The summed E-state index contributed by atoms with van der Waals surface area (Å²) in [5.41, 5.74) is 2.76. The van der Waals surface area contributed by atoms with Crippen LogP contribution < -0.4 is 0 Å². The molecule has 3 heterocycles. The number of aromatic nitrogens is 2. The predicted octanol–water partition coefficient (Wildman–Crippen LogP) is 3.37. The van der Waals surface area contributed by atoms with Crippen LogP contribution >= 0.6 is 0 Å². The van der Waals surface area contributed by atoms with Gasteiger partial charge in [0.1, 0.15) is 17.5 Å². The molecule has 6 nitrogen and oxygen atoms in total. The molecule has 1 saturated heterocycles. The summed E-state index contributed by atoms with van der Waals surface area (Å²) in [7, 11) is 1.89. The monoisotopic (exact) mass is 367 g/mol. The standard InChI is InChI=1S/C21H25N3O3/c1-13-4-5-16-14(2)19(27-17(16)12-13)21(26)24-9-6-15(7-10-24)18(25)20-22-8-11-23(20)3/h4-5,8,11-12,15,18,25H,6-7,9-10H2,1-3H3. The Bertz CT molecular complexity index is 980. The van der Waals surface area contributed by atoms with Gasteiger partial charge in [-0.1, -0.05) is 12.1 Å². The molecule has 1 atom stereocenters. The van der Waals surface area contributed by atoms with Crippen LogP contribution in [-0.2, 0) is 7.05 Å². The van der Waals surface area contributed by atoms with Crippen molar-refractivity contribution in [2.24, 2.45) is 13.0 Å². The van der Waals surface area contributed by atoms with Gasteiger partial charge in [0.15, 0.2) is 5.76 Å². The summed E-state index contributed by atoms with van der Waals surface area (Å²) in [5.74, 6) is 1.16. The topological polar surface area (TPSA) is 71.5 Å². The zero-order chi connectivity index (χ0) is 19.1. The average Bonchev–Trinajstić information content (AvgIpc) is 3.24. The molecule has 6 heteroatoms. The Kier molecular flexibility index (Phi) is 4.52. The predicted molar refractivity (Wildman–Crippen MR) is 102 cm³/mol. The lowest BCUT2D eigenvalue weighted by atomic mass is 9.90. The van der Waals surface area contributed by atoms with Gasteiger partial charge >= 0.3 is 0 Å². The minimum atomic E-state index is -0.599. The van der Waals surface area contributed by atoms with E-state index in [4.69, 9.17) is 4.42 Å². The summed E-state index contributed by atoms with van der Waals surface area (Å²) in [6.07, 6.45) is 4.43. The van der Waals surface area contributed by atoms with E-state index in [2.05, 4.69) is 4.98 Å². The van der Waals surface area contributed by atoms with Crippen LogP contribution in [0.4, 0.5) is 0 Å². The maximum absolute atomic E-state index is 13.0. The summed E-state index contributed by atoms with van der Waals surface area (Å²) < 4.78 is 7.74. The van der Waals surface area contributed by atoms with E-state index in [0.717, 1.165) is 34.9 Å². The second kappa shape index (κ2) is 6.85. The van der Waals surface area contributed by atoms with Crippen molar-refractivity contribution >= 4 is 16.9 Å². The molecule has 2 aromatic heterocycles. The number of imidazole rings is 1. The number of furan rings is 1. The van der Waals surface area contributed by atoms with Crippen molar-refractivity contribution in [3.63, 3.8) is 0 Å². The summed E-state index contributed by atoms with van der Waals surface area (Å²) in [4.78, 5) is 19.1. The van der Waals surface area contributed by atoms with Gasteiger partial charge in [0.05, 0.1) is 0 Å². The molecule has 0 spiro atoms. The zero-order valence-corrected chi connectivity index (χ0v) is 16.0. The summed E-state index contributed by atoms with van der Waals surface area (Å²) in [6.45, 7) is 5.17. The normalized spacial score (nSPS) is 16.8. The molecule has 0 aliphatic carbocycles. The number of carbonyl (C=O) groups is 1. The van der Waals surface area contributed by atoms with Gasteiger partial charge in [0.25, 0.3) is 5.91 Å². The molecule has 0 saturated carbocycles. The molecule has 0 bridgehead atoms. The first kappa shape index (κ1) is 17.8. The number of aryl methyl sites for hydroxylation is 3. The molecule has 1 unspecified atom stereocenters. The van der Waals surface area contributed by atoms with Gasteiger partial charge in [-0.3, -0.25) is 4.79 Å². The number of aliphatic hydroxyl groups excluding tert-OH is 1. The van der Waals surface area contributed by atoms with Crippen molar-refractivity contribution in [2.45, 2.75) is 32.8 Å². The third kappa shape index (κ3) is 3.14. The molecule has 1 fully saturated rings. The molecular formula is C21H25N3O3. The van der Waals surface area contributed by atoms with E-state index >= 15 is 0 Å². The highest BCUT2D eigenvalue weighted by atomic mass is 16.3. The summed E-state index contributed by atoms with van der Waals surface area (Å²) in [5, 5.41) is 11.6. The first-order valence-corrected chi connectivity index (χ1v) is 9.40. The van der Waals surface area contributed by atoms with Crippen LogP contribution in [0, 0.1) is 19.8 Å². The van der Waals surface area contributed by atoms with Gasteiger partial charge in [0, 0.05) is 43.5 Å². The van der Waals surface area contributed by atoms with Gasteiger partial charge in [-0.25, -0.2) is 4.98 Å². The van der Waals surface area contributed by atoms with Crippen LogP contribution in [0.25, 0.3) is 11.0 Å². The average molecular weight is 367 g/mol. The molecule has 4 rings (SSSR count). The van der Waals surface area contributed by atoms with Crippen LogP contribution in [-0.4, -0.2) is 38.6 Å². The largest absolute Gasteiger partial charge is 0.451 e. The Labute approximate surface area is 158 Å². The molecule has 0 radical (unpaired) electrons. The molecule has 1 N–H and O–H groups in total. The van der Waals surface area contributed by atoms with Gasteiger partial charge in [-0.2, -0.15) is 0 Å². The Balaban J connectivity index is 1.47. The maximum Gasteiger partial charge on any atom is 0.289 e. The number of hydrogen-bond donors (Lipinski definition) is 1. The van der Waals surface area contributed by atoms with Crippen molar-refractivity contribution in [2.75, 3.05) is 13.1 Å². The number of likely N-dealkylation sites (tertiary alicyclic amines) is 1. The van der Waals surface area contributed by atoms with Gasteiger partial charge in [-0.15, -0.1) is 0 Å². The number of piperidine rings is 1. The van der Waals surface area contributed by atoms with E-state index in [1.165, 1.54) is 0 Å². The first-order valence-electron chi connectivity index (χ1n) is 9.40. The maximum atomic E-state index is 13.0. The number of amides is 1. The number of hydrogen-bond acceptors (Lipinski definition) is 4. The second-order valence-electron chi connectivity index (χ2n) is 7.53. The molecule has 1 aliphatic heterocycles. The lowest BCUT2D eigenvalue weighted by molar-refractivity contribution is 0.0403. The van der Waals surface area contributed by atoms with Crippen LogP contribution in [0.5, 0.6) is 0 Å². The minimum absolute atomic E-state index is 0.0636. The van der Waals surface area contributed by atoms with E-state index in [0.29, 0.717) is 24.7 Å². The number of fused-ring (bicyclic) bond motifs is 1. The fourth-order valence-corrected chi connectivity index (χ4v) is 3.97. The molecule has 1 aromatic carbocycles. The van der Waals surface area contributed by atoms with E-state index in [1.54, 1.807) is 6.20 Å². The van der Waals surface area contributed by atoms with E-state index in [9.17, 15) is 9.90 Å². The van der Waals surface area contributed by atoms with Gasteiger partial charge < -0.3 is 19.0 Å². The lowest BCUT2D eigenvalue weighted by Crippen LogP contribution is -2.40. The highest BCUT2D eigenvalue weighted by molar-refractivity contribution is 5.99. The second-order valence-corrected chi connectivity index (χ2v) is 7.53. The fraction of sp³-hybridized carbons (Fsp3) is 0.429. The number of aliphatic hydroxyl groups is 1. The van der Waals surface area contributed by atoms with Gasteiger partial charge in [0.2, 0.25) is 0 Å². The lowest BCUT2D eigenvalue weighted by Gasteiger charge is -2.33. The van der Waals surface area contributed by atoms with Crippen LogP contribution in [0.15, 0.2) is 35.0 Å². The summed E-state index contributed by atoms with van der Waals surface area (Å²) in [6, 6.07) is 6.01. The zero-order valence-electron chi connectivity index (χ0n) is 16.0. The van der Waals surface area contributed by atoms with E-state index in [1.807, 2.05) is 54.8 Å². The van der Waals surface area contributed by atoms with E-state index < -0.39 is 6.10 Å². The first-order chi connectivity index (χ1) is 13.0. The Hall–Kier alpha value is -2.60. The third-order valence-electron chi connectivity index (χ3n) is 5.68. The molecule has 3 aromatic rings. The highest BCUT2D eigenvalue weighted by Crippen LogP contribution is 2.32. The molecule has 1 amide bonds. The SMILES string of the molecule is Cc1ccc2c(C)c(C(=O)N3CCC(C(O)c4nccn4C)CC3)oc2c1. The third-order valence-corrected chi connectivity index (χ3v) is 5.68. The Morgan fingerprint density at radius 2 is 2.04 bits per heavy atom. The minimum Gasteiger partial charge on any atom is -0.451 e. The van der Waals surface area contributed by atoms with Crippen LogP contribution in [0.1, 0.15) is 46.5 Å². The highest BCUT2D eigenvalue weighted by Gasteiger charge is 2.32. The fourth-order valence-electron chi connectivity index (χ4n) is 3.97. The number of carbonyl (C=O) groups excluding carboxylic acids is 1. The number of benzene rings is 1.